The van der Waals surface area contributed by atoms with Gasteiger partial charge in [0, 0.05) is 6.26 Å². The van der Waals surface area contributed by atoms with Crippen LogP contribution < -0.4 is 5.32 Å². The Kier molecular flexibility index (Phi) is 5.23. The highest BCUT2D eigenvalue weighted by Crippen LogP contribution is 2.13. The lowest BCUT2D eigenvalue weighted by Crippen LogP contribution is -2.52. The number of carbonyl (C=O) groups excluding carboxylic acids is 1. The molecule has 0 saturated carbocycles. The monoisotopic (exact) mass is 237 g/mol. The van der Waals surface area contributed by atoms with Crippen LogP contribution in [-0.4, -0.2) is 43.6 Å². The summed E-state index contributed by atoms with van der Waals surface area (Å²) in [6.45, 7) is 3.48. The van der Waals surface area contributed by atoms with Gasteiger partial charge in [0.2, 0.25) is 5.91 Å². The molecule has 0 atom stereocenters. The Balaban J connectivity index is 4.50. The Morgan fingerprint density at radius 2 is 1.80 bits per heavy atom. The average molecular weight is 237 g/mol. The van der Waals surface area contributed by atoms with Gasteiger partial charge in [-0.3, -0.25) is 4.79 Å². The molecule has 0 spiro atoms. The van der Waals surface area contributed by atoms with Crippen molar-refractivity contribution in [2.45, 2.75) is 32.2 Å². The summed E-state index contributed by atoms with van der Waals surface area (Å²) in [7, 11) is -3.31. The second kappa shape index (κ2) is 5.46. The standard InChI is InChI=1S/C9H19NO4S/c1-4-9(5-2,7-11)10-8(12)6-15(3,13)14/h11H,4-7H2,1-3H3,(H,10,12). The zero-order valence-corrected chi connectivity index (χ0v) is 10.2. The highest BCUT2D eigenvalue weighted by molar-refractivity contribution is 7.91. The molecule has 0 radical (unpaired) electrons. The Hall–Kier alpha value is -0.620. The lowest BCUT2D eigenvalue weighted by Gasteiger charge is -2.30. The summed E-state index contributed by atoms with van der Waals surface area (Å²) in [5.41, 5.74) is -0.693. The average Bonchev–Trinajstić information content (AvgIpc) is 2.11. The summed E-state index contributed by atoms with van der Waals surface area (Å²) < 4.78 is 21.7. The van der Waals surface area contributed by atoms with Crippen molar-refractivity contribution in [2.75, 3.05) is 18.6 Å². The number of hydrogen-bond donors (Lipinski definition) is 2. The van der Waals surface area contributed by atoms with Crippen LogP contribution in [0.3, 0.4) is 0 Å². The van der Waals surface area contributed by atoms with E-state index < -0.39 is 27.0 Å². The minimum atomic E-state index is -3.31. The van der Waals surface area contributed by atoms with E-state index in [4.69, 9.17) is 5.11 Å². The number of aliphatic hydroxyl groups excluding tert-OH is 1. The summed E-state index contributed by atoms with van der Waals surface area (Å²) >= 11 is 0. The molecule has 0 bridgehead atoms. The van der Waals surface area contributed by atoms with Crippen LogP contribution in [0.15, 0.2) is 0 Å². The third-order valence-corrected chi connectivity index (χ3v) is 3.24. The van der Waals surface area contributed by atoms with Crippen molar-refractivity contribution in [3.63, 3.8) is 0 Å². The molecule has 5 nitrogen and oxygen atoms in total. The van der Waals surface area contributed by atoms with Gasteiger partial charge in [-0.05, 0) is 12.8 Å². The Morgan fingerprint density at radius 1 is 1.33 bits per heavy atom. The van der Waals surface area contributed by atoms with E-state index in [1.165, 1.54) is 0 Å². The van der Waals surface area contributed by atoms with E-state index in [0.717, 1.165) is 6.26 Å². The van der Waals surface area contributed by atoms with Crippen molar-refractivity contribution in [2.24, 2.45) is 0 Å². The van der Waals surface area contributed by atoms with E-state index in [0.29, 0.717) is 12.8 Å². The van der Waals surface area contributed by atoms with Gasteiger partial charge >= 0.3 is 0 Å². The van der Waals surface area contributed by atoms with Gasteiger partial charge in [-0.2, -0.15) is 0 Å². The maximum absolute atomic E-state index is 11.3. The highest BCUT2D eigenvalue weighted by Gasteiger charge is 2.28. The number of aliphatic hydroxyl groups is 1. The first kappa shape index (κ1) is 14.4. The van der Waals surface area contributed by atoms with Gasteiger partial charge in [-0.25, -0.2) is 8.42 Å². The van der Waals surface area contributed by atoms with E-state index in [2.05, 4.69) is 5.32 Å². The minimum Gasteiger partial charge on any atom is -0.394 e. The molecule has 0 saturated heterocycles. The maximum atomic E-state index is 11.3. The molecular weight excluding hydrogens is 218 g/mol. The lowest BCUT2D eigenvalue weighted by atomic mass is 9.94. The number of hydrogen-bond acceptors (Lipinski definition) is 4. The first-order valence-electron chi connectivity index (χ1n) is 4.88. The predicted octanol–water partition coefficient (Wildman–Crippen LogP) is -0.302. The van der Waals surface area contributed by atoms with Gasteiger partial charge in [0.25, 0.3) is 0 Å². The molecule has 0 aromatic heterocycles. The van der Waals surface area contributed by atoms with E-state index in [1.54, 1.807) is 0 Å². The molecule has 6 heteroatoms. The fourth-order valence-corrected chi connectivity index (χ4v) is 1.81. The molecule has 0 heterocycles. The van der Waals surface area contributed by atoms with Crippen molar-refractivity contribution in [1.82, 2.24) is 5.32 Å². The van der Waals surface area contributed by atoms with Gasteiger partial charge in [-0.1, -0.05) is 13.8 Å². The molecule has 0 aliphatic carbocycles. The molecule has 90 valence electrons. The number of rotatable bonds is 6. The summed E-state index contributed by atoms with van der Waals surface area (Å²) in [5.74, 6) is -1.09. The Morgan fingerprint density at radius 3 is 2.07 bits per heavy atom. The van der Waals surface area contributed by atoms with Crippen LogP contribution >= 0.6 is 0 Å². The van der Waals surface area contributed by atoms with Gasteiger partial charge in [0.15, 0.2) is 9.84 Å². The van der Waals surface area contributed by atoms with Crippen molar-refractivity contribution >= 4 is 15.7 Å². The van der Waals surface area contributed by atoms with Crippen LogP contribution in [0, 0.1) is 0 Å². The van der Waals surface area contributed by atoms with Gasteiger partial charge in [-0.15, -0.1) is 0 Å². The van der Waals surface area contributed by atoms with E-state index >= 15 is 0 Å². The van der Waals surface area contributed by atoms with E-state index in [9.17, 15) is 13.2 Å². The Bertz CT molecular complexity index is 298. The summed E-state index contributed by atoms with van der Waals surface area (Å²) in [6, 6.07) is 0. The molecule has 2 N–H and O–H groups in total. The summed E-state index contributed by atoms with van der Waals surface area (Å²) in [5, 5.41) is 11.7. The van der Waals surface area contributed by atoms with Crippen molar-refractivity contribution in [1.29, 1.82) is 0 Å². The van der Waals surface area contributed by atoms with Crippen LogP contribution in [0.25, 0.3) is 0 Å². The number of sulfone groups is 1. The zero-order valence-electron chi connectivity index (χ0n) is 9.41. The van der Waals surface area contributed by atoms with Crippen LogP contribution in [0.5, 0.6) is 0 Å². The van der Waals surface area contributed by atoms with Gasteiger partial charge in [0.05, 0.1) is 12.1 Å². The number of nitrogens with one attached hydrogen (secondary N) is 1. The first-order chi connectivity index (χ1) is 6.78. The van der Waals surface area contributed by atoms with Gasteiger partial charge < -0.3 is 10.4 Å². The van der Waals surface area contributed by atoms with Gasteiger partial charge in [0.1, 0.15) is 5.75 Å². The lowest BCUT2D eigenvalue weighted by molar-refractivity contribution is -0.121. The molecule has 0 fully saturated rings. The third kappa shape index (κ3) is 5.13. The van der Waals surface area contributed by atoms with Crippen LogP contribution in [0.2, 0.25) is 0 Å². The van der Waals surface area contributed by atoms with Crippen LogP contribution in [0.1, 0.15) is 26.7 Å². The SMILES string of the molecule is CCC(CC)(CO)NC(=O)CS(C)(=O)=O. The normalized spacial score (nSPS) is 12.5. The minimum absolute atomic E-state index is 0.185. The van der Waals surface area contributed by atoms with Crippen molar-refractivity contribution < 1.29 is 18.3 Å². The predicted molar refractivity (Wildman–Crippen MR) is 58.3 cm³/mol. The smallest absolute Gasteiger partial charge is 0.235 e. The second-order valence-corrected chi connectivity index (χ2v) is 5.90. The molecule has 0 aliphatic rings. The second-order valence-electron chi connectivity index (χ2n) is 3.76. The highest BCUT2D eigenvalue weighted by atomic mass is 32.2. The Labute approximate surface area is 90.8 Å². The van der Waals surface area contributed by atoms with Crippen molar-refractivity contribution in [3.05, 3.63) is 0 Å². The molecule has 0 aliphatic heterocycles. The number of carbonyl (C=O) groups is 1. The number of amides is 1. The molecule has 15 heavy (non-hydrogen) atoms. The maximum Gasteiger partial charge on any atom is 0.235 e. The fraction of sp³-hybridized carbons (Fsp3) is 0.889. The summed E-state index contributed by atoms with van der Waals surface area (Å²) in [4.78, 5) is 11.3. The molecule has 0 unspecified atom stereocenters. The van der Waals surface area contributed by atoms with E-state index in [-0.39, 0.29) is 6.61 Å². The molecule has 0 rings (SSSR count). The summed E-state index contributed by atoms with van der Waals surface area (Å²) in [6.07, 6.45) is 2.14. The van der Waals surface area contributed by atoms with E-state index in [1.807, 2.05) is 13.8 Å². The molecule has 0 aromatic rings. The van der Waals surface area contributed by atoms with Crippen molar-refractivity contribution in [3.8, 4) is 0 Å². The zero-order chi connectivity index (χ0) is 12.1. The van der Waals surface area contributed by atoms with Crippen LogP contribution in [-0.2, 0) is 14.6 Å². The topological polar surface area (TPSA) is 83.5 Å². The first-order valence-corrected chi connectivity index (χ1v) is 6.94. The fourth-order valence-electron chi connectivity index (χ4n) is 1.26. The molecule has 0 aromatic carbocycles. The molecule has 1 amide bonds. The largest absolute Gasteiger partial charge is 0.394 e. The quantitative estimate of drug-likeness (QED) is 0.664. The molecular formula is C9H19NO4S. The third-order valence-electron chi connectivity index (χ3n) is 2.45. The van der Waals surface area contributed by atoms with Crippen LogP contribution in [0.4, 0.5) is 0 Å².